The van der Waals surface area contributed by atoms with Crippen molar-refractivity contribution in [2.75, 3.05) is 30.4 Å². The van der Waals surface area contributed by atoms with E-state index in [2.05, 4.69) is 30.4 Å². The molecule has 6 nitrogen and oxygen atoms in total. The Balaban J connectivity index is 1.42. The van der Waals surface area contributed by atoms with E-state index in [1.165, 1.54) is 5.56 Å². The van der Waals surface area contributed by atoms with Crippen molar-refractivity contribution >= 4 is 23.3 Å². The molecule has 1 heterocycles. The number of rotatable bonds is 6. The summed E-state index contributed by atoms with van der Waals surface area (Å²) in [5, 5.41) is 2.87. The van der Waals surface area contributed by atoms with Crippen molar-refractivity contribution in [2.45, 2.75) is 19.9 Å². The Kier molecular flexibility index (Phi) is 6.40. The SMILES string of the molecule is COc1ccc(NC(=O)c2ccc(N3CCCN(Cc4cccc(C)c4)C3=O)cc2)cc1. The Morgan fingerprint density at radius 2 is 1.75 bits per heavy atom. The van der Waals surface area contributed by atoms with Gasteiger partial charge in [-0.25, -0.2) is 4.79 Å². The van der Waals surface area contributed by atoms with Crippen molar-refractivity contribution in [1.29, 1.82) is 0 Å². The molecule has 1 aliphatic rings. The minimum absolute atomic E-state index is 0.00631. The van der Waals surface area contributed by atoms with E-state index in [9.17, 15) is 9.59 Å². The third kappa shape index (κ3) is 4.91. The molecule has 3 amide bonds. The summed E-state index contributed by atoms with van der Waals surface area (Å²) in [6, 6.07) is 22.6. The number of nitrogens with zero attached hydrogens (tertiary/aromatic N) is 2. The van der Waals surface area contributed by atoms with Crippen molar-refractivity contribution < 1.29 is 14.3 Å². The van der Waals surface area contributed by atoms with Crippen molar-refractivity contribution in [3.8, 4) is 5.75 Å². The van der Waals surface area contributed by atoms with Crippen LogP contribution in [0.4, 0.5) is 16.2 Å². The first-order valence-corrected chi connectivity index (χ1v) is 10.7. The lowest BCUT2D eigenvalue weighted by atomic mass is 10.1. The number of hydrogen-bond donors (Lipinski definition) is 1. The molecular formula is C26H27N3O3. The average Bonchev–Trinajstić information content (AvgIpc) is 2.81. The lowest BCUT2D eigenvalue weighted by Gasteiger charge is -2.35. The standard InChI is InChI=1S/C26H27N3O3/c1-19-5-3-6-20(17-19)18-28-15-4-16-29(26(28)31)23-11-7-21(8-12-23)25(30)27-22-9-13-24(32-2)14-10-22/h3,5-14,17H,4,15-16,18H2,1-2H3,(H,27,30). The second-order valence-corrected chi connectivity index (χ2v) is 7.93. The highest BCUT2D eigenvalue weighted by molar-refractivity contribution is 6.04. The van der Waals surface area contributed by atoms with Crippen LogP contribution in [-0.2, 0) is 6.54 Å². The molecule has 1 fully saturated rings. The summed E-state index contributed by atoms with van der Waals surface area (Å²) >= 11 is 0. The molecule has 0 unspecified atom stereocenters. The maximum Gasteiger partial charge on any atom is 0.324 e. The monoisotopic (exact) mass is 429 g/mol. The predicted molar refractivity (Wildman–Crippen MR) is 126 cm³/mol. The van der Waals surface area contributed by atoms with E-state index in [-0.39, 0.29) is 11.9 Å². The van der Waals surface area contributed by atoms with Crippen molar-refractivity contribution in [3.63, 3.8) is 0 Å². The normalized spacial score (nSPS) is 13.8. The number of amides is 3. The van der Waals surface area contributed by atoms with Gasteiger partial charge in [-0.1, -0.05) is 29.8 Å². The van der Waals surface area contributed by atoms with Gasteiger partial charge >= 0.3 is 6.03 Å². The number of anilines is 2. The first-order valence-electron chi connectivity index (χ1n) is 10.7. The summed E-state index contributed by atoms with van der Waals surface area (Å²) in [6.45, 7) is 4.06. The van der Waals surface area contributed by atoms with Gasteiger partial charge in [0.2, 0.25) is 0 Å². The third-order valence-electron chi connectivity index (χ3n) is 5.56. The summed E-state index contributed by atoms with van der Waals surface area (Å²) in [5.74, 6) is 0.530. The fourth-order valence-electron chi connectivity index (χ4n) is 3.87. The number of carbonyl (C=O) groups is 2. The number of nitrogens with one attached hydrogen (secondary N) is 1. The fourth-order valence-corrected chi connectivity index (χ4v) is 3.87. The van der Waals surface area contributed by atoms with Gasteiger partial charge in [-0.05, 0) is 67.4 Å². The molecule has 3 aromatic rings. The molecule has 4 rings (SSSR count). The molecule has 3 aromatic carbocycles. The second kappa shape index (κ2) is 9.56. The first-order chi connectivity index (χ1) is 15.5. The zero-order valence-corrected chi connectivity index (χ0v) is 18.4. The molecule has 32 heavy (non-hydrogen) atoms. The number of urea groups is 1. The van der Waals surface area contributed by atoms with Gasteiger partial charge in [-0.3, -0.25) is 9.69 Å². The van der Waals surface area contributed by atoms with Gasteiger partial charge in [0, 0.05) is 36.6 Å². The Labute approximate surface area is 188 Å². The molecule has 164 valence electrons. The molecule has 1 aliphatic heterocycles. The summed E-state index contributed by atoms with van der Waals surface area (Å²) < 4.78 is 5.14. The van der Waals surface area contributed by atoms with Gasteiger partial charge < -0.3 is 15.0 Å². The zero-order chi connectivity index (χ0) is 22.5. The number of benzene rings is 3. The predicted octanol–water partition coefficient (Wildman–Crippen LogP) is 5.09. The minimum Gasteiger partial charge on any atom is -0.497 e. The molecule has 6 heteroatoms. The summed E-state index contributed by atoms with van der Waals surface area (Å²) in [7, 11) is 1.60. The van der Waals surface area contributed by atoms with E-state index in [1.54, 1.807) is 48.4 Å². The van der Waals surface area contributed by atoms with Crippen LogP contribution in [-0.4, -0.2) is 37.0 Å². The Morgan fingerprint density at radius 1 is 1.00 bits per heavy atom. The van der Waals surface area contributed by atoms with E-state index >= 15 is 0 Å². The largest absolute Gasteiger partial charge is 0.497 e. The number of aryl methyl sites for hydroxylation is 1. The van der Waals surface area contributed by atoms with Crippen LogP contribution in [0, 0.1) is 6.92 Å². The summed E-state index contributed by atoms with van der Waals surface area (Å²) in [6.07, 6.45) is 0.900. The molecular weight excluding hydrogens is 402 g/mol. The van der Waals surface area contributed by atoms with Crippen LogP contribution in [0.3, 0.4) is 0 Å². The van der Waals surface area contributed by atoms with E-state index in [0.717, 1.165) is 30.0 Å². The highest BCUT2D eigenvalue weighted by Crippen LogP contribution is 2.23. The molecule has 1 saturated heterocycles. The molecule has 0 bridgehead atoms. The van der Waals surface area contributed by atoms with Crippen LogP contribution in [0.15, 0.2) is 72.8 Å². The molecule has 0 aliphatic carbocycles. The van der Waals surface area contributed by atoms with E-state index in [1.807, 2.05) is 23.1 Å². The third-order valence-corrected chi connectivity index (χ3v) is 5.56. The van der Waals surface area contributed by atoms with Crippen molar-refractivity contribution in [2.24, 2.45) is 0 Å². The fraction of sp³-hybridized carbons (Fsp3) is 0.231. The van der Waals surface area contributed by atoms with Gasteiger partial charge in [0.05, 0.1) is 7.11 Å². The molecule has 0 saturated carbocycles. The number of hydrogen-bond acceptors (Lipinski definition) is 3. The van der Waals surface area contributed by atoms with Crippen LogP contribution in [0.5, 0.6) is 5.75 Å². The number of carbonyl (C=O) groups excluding carboxylic acids is 2. The van der Waals surface area contributed by atoms with E-state index in [0.29, 0.717) is 24.3 Å². The van der Waals surface area contributed by atoms with E-state index in [4.69, 9.17) is 4.74 Å². The molecule has 0 spiro atoms. The average molecular weight is 430 g/mol. The van der Waals surface area contributed by atoms with Crippen LogP contribution < -0.4 is 15.0 Å². The molecule has 0 atom stereocenters. The molecule has 0 aromatic heterocycles. The van der Waals surface area contributed by atoms with Gasteiger partial charge in [0.25, 0.3) is 5.91 Å². The number of ether oxygens (including phenoxy) is 1. The van der Waals surface area contributed by atoms with Crippen molar-refractivity contribution in [3.05, 3.63) is 89.5 Å². The summed E-state index contributed by atoms with van der Waals surface area (Å²) in [5.41, 5.74) is 4.34. The Bertz CT molecular complexity index is 1090. The van der Waals surface area contributed by atoms with Gasteiger partial charge in [-0.15, -0.1) is 0 Å². The molecule has 1 N–H and O–H groups in total. The van der Waals surface area contributed by atoms with Gasteiger partial charge in [0.1, 0.15) is 5.75 Å². The van der Waals surface area contributed by atoms with E-state index < -0.39 is 0 Å². The Hall–Kier alpha value is -3.80. The van der Waals surface area contributed by atoms with Crippen molar-refractivity contribution in [1.82, 2.24) is 4.90 Å². The Morgan fingerprint density at radius 3 is 2.44 bits per heavy atom. The summed E-state index contributed by atoms with van der Waals surface area (Å²) in [4.78, 5) is 29.3. The maximum absolute atomic E-state index is 13.1. The topological polar surface area (TPSA) is 61.9 Å². The smallest absolute Gasteiger partial charge is 0.324 e. The zero-order valence-electron chi connectivity index (χ0n) is 18.4. The van der Waals surface area contributed by atoms with Crippen LogP contribution >= 0.6 is 0 Å². The molecule has 0 radical (unpaired) electrons. The number of methoxy groups -OCH3 is 1. The highest BCUT2D eigenvalue weighted by Gasteiger charge is 2.27. The van der Waals surface area contributed by atoms with Crippen LogP contribution in [0.1, 0.15) is 27.9 Å². The lowest BCUT2D eigenvalue weighted by molar-refractivity contribution is 0.102. The van der Waals surface area contributed by atoms with Gasteiger partial charge in [0.15, 0.2) is 0 Å². The highest BCUT2D eigenvalue weighted by atomic mass is 16.5. The maximum atomic E-state index is 13.1. The van der Waals surface area contributed by atoms with Crippen LogP contribution in [0.25, 0.3) is 0 Å². The first kappa shape index (κ1) is 21.4. The lowest BCUT2D eigenvalue weighted by Crippen LogP contribution is -2.49. The quantitative estimate of drug-likeness (QED) is 0.594. The minimum atomic E-state index is -0.201. The second-order valence-electron chi connectivity index (χ2n) is 7.93. The van der Waals surface area contributed by atoms with Gasteiger partial charge in [-0.2, -0.15) is 0 Å². The van der Waals surface area contributed by atoms with Crippen LogP contribution in [0.2, 0.25) is 0 Å².